The summed E-state index contributed by atoms with van der Waals surface area (Å²) >= 11 is 4.29. The number of methoxy groups -OCH3 is 2. The monoisotopic (exact) mass is 410 g/mol. The second-order valence-corrected chi connectivity index (χ2v) is 9.81. The zero-order chi connectivity index (χ0) is 19.1. The van der Waals surface area contributed by atoms with Crippen molar-refractivity contribution >= 4 is 23.5 Å². The lowest BCUT2D eigenvalue weighted by Gasteiger charge is -2.41. The van der Waals surface area contributed by atoms with E-state index in [1.54, 1.807) is 14.2 Å². The Balaban J connectivity index is 1.52. The summed E-state index contributed by atoms with van der Waals surface area (Å²) in [4.78, 5) is 5.34. The molecule has 0 aromatic heterocycles. The third-order valence-electron chi connectivity index (χ3n) is 5.76. The molecule has 0 N–H and O–H groups in total. The first-order chi connectivity index (χ1) is 13.2. The maximum Gasteiger partial charge on any atom is 0.160 e. The molecule has 0 radical (unpaired) electrons. The smallest absolute Gasteiger partial charge is 0.160 e. The van der Waals surface area contributed by atoms with Crippen LogP contribution in [0.2, 0.25) is 0 Å². The van der Waals surface area contributed by atoms with E-state index in [2.05, 4.69) is 52.5 Å². The molecule has 2 aliphatic heterocycles. The molecule has 0 amide bonds. The standard InChI is InChI=1S/C21H34N2O2S2/c1-22(10-8-17-6-7-20(24-2)21(13-17)25-3)18-5-4-9-23(14-18)19-15-26-11-12-27-16-19/h6-7,13,18-19H,4-5,8-12,14-16H2,1-3H3. The molecule has 27 heavy (non-hydrogen) atoms. The topological polar surface area (TPSA) is 24.9 Å². The SMILES string of the molecule is COc1ccc(CCN(C)C2CCCN(C3CSCCSC3)C2)cc1OC. The number of piperidine rings is 1. The number of hydrogen-bond donors (Lipinski definition) is 0. The predicted octanol–water partition coefficient (Wildman–Crippen LogP) is 3.49. The summed E-state index contributed by atoms with van der Waals surface area (Å²) < 4.78 is 10.8. The summed E-state index contributed by atoms with van der Waals surface area (Å²) in [5.74, 6) is 6.90. The molecule has 3 rings (SSSR count). The van der Waals surface area contributed by atoms with Gasteiger partial charge in [0.25, 0.3) is 0 Å². The number of hydrogen-bond acceptors (Lipinski definition) is 6. The normalized spacial score (nSPS) is 22.6. The molecule has 2 saturated heterocycles. The highest BCUT2D eigenvalue weighted by Crippen LogP contribution is 2.28. The van der Waals surface area contributed by atoms with Crippen LogP contribution in [0.15, 0.2) is 18.2 Å². The molecule has 6 heteroatoms. The van der Waals surface area contributed by atoms with Crippen LogP contribution in [-0.2, 0) is 6.42 Å². The van der Waals surface area contributed by atoms with Crippen molar-refractivity contribution in [1.82, 2.24) is 9.80 Å². The van der Waals surface area contributed by atoms with E-state index in [-0.39, 0.29) is 0 Å². The van der Waals surface area contributed by atoms with Crippen molar-refractivity contribution in [3.05, 3.63) is 23.8 Å². The Morgan fingerprint density at radius 2 is 1.85 bits per heavy atom. The molecular formula is C21H34N2O2S2. The van der Waals surface area contributed by atoms with Gasteiger partial charge in [0.2, 0.25) is 0 Å². The molecule has 1 unspecified atom stereocenters. The molecule has 1 aromatic rings. The fourth-order valence-electron chi connectivity index (χ4n) is 4.01. The second-order valence-electron chi connectivity index (χ2n) is 7.51. The van der Waals surface area contributed by atoms with Gasteiger partial charge < -0.3 is 14.4 Å². The van der Waals surface area contributed by atoms with E-state index in [1.807, 2.05) is 6.07 Å². The Morgan fingerprint density at radius 1 is 1.11 bits per heavy atom. The van der Waals surface area contributed by atoms with Crippen LogP contribution >= 0.6 is 23.5 Å². The highest BCUT2D eigenvalue weighted by molar-refractivity contribution is 8.03. The van der Waals surface area contributed by atoms with Gasteiger partial charge in [0.05, 0.1) is 14.2 Å². The van der Waals surface area contributed by atoms with Crippen molar-refractivity contribution in [3.8, 4) is 11.5 Å². The number of likely N-dealkylation sites (N-methyl/N-ethyl adjacent to an activating group) is 1. The summed E-state index contributed by atoms with van der Waals surface area (Å²) in [5, 5.41) is 0. The molecular weight excluding hydrogens is 376 g/mol. The lowest BCUT2D eigenvalue weighted by molar-refractivity contribution is 0.0986. The Bertz CT molecular complexity index is 579. The van der Waals surface area contributed by atoms with E-state index in [0.29, 0.717) is 6.04 Å². The van der Waals surface area contributed by atoms with Crippen LogP contribution in [0.4, 0.5) is 0 Å². The maximum absolute atomic E-state index is 5.44. The van der Waals surface area contributed by atoms with Crippen LogP contribution < -0.4 is 9.47 Å². The van der Waals surface area contributed by atoms with E-state index < -0.39 is 0 Å². The number of benzene rings is 1. The zero-order valence-electron chi connectivity index (χ0n) is 17.0. The van der Waals surface area contributed by atoms with Gasteiger partial charge in [-0.25, -0.2) is 0 Å². The first-order valence-electron chi connectivity index (χ1n) is 10.0. The molecule has 0 aliphatic carbocycles. The lowest BCUT2D eigenvalue weighted by atomic mass is 10.0. The van der Waals surface area contributed by atoms with Crippen LogP contribution in [0, 0.1) is 0 Å². The van der Waals surface area contributed by atoms with Gasteiger partial charge in [-0.1, -0.05) is 6.07 Å². The quantitative estimate of drug-likeness (QED) is 0.682. The molecule has 152 valence electrons. The van der Waals surface area contributed by atoms with Crippen molar-refractivity contribution in [1.29, 1.82) is 0 Å². The van der Waals surface area contributed by atoms with E-state index in [9.17, 15) is 0 Å². The first kappa shape index (κ1) is 21.2. The molecule has 0 bridgehead atoms. The summed E-state index contributed by atoms with van der Waals surface area (Å²) in [6.45, 7) is 3.60. The van der Waals surface area contributed by atoms with Crippen molar-refractivity contribution in [2.24, 2.45) is 0 Å². The van der Waals surface area contributed by atoms with E-state index in [4.69, 9.17) is 9.47 Å². The van der Waals surface area contributed by atoms with Gasteiger partial charge >= 0.3 is 0 Å². The summed E-state index contributed by atoms with van der Waals surface area (Å²) in [6.07, 6.45) is 3.70. The number of nitrogens with zero attached hydrogens (tertiary/aromatic N) is 2. The van der Waals surface area contributed by atoms with Crippen molar-refractivity contribution in [3.63, 3.8) is 0 Å². The maximum atomic E-state index is 5.44. The summed E-state index contributed by atoms with van der Waals surface area (Å²) in [6, 6.07) is 7.72. The minimum absolute atomic E-state index is 0.678. The zero-order valence-corrected chi connectivity index (χ0v) is 18.6. The van der Waals surface area contributed by atoms with Gasteiger partial charge in [0.15, 0.2) is 11.5 Å². The number of thioether (sulfide) groups is 2. The van der Waals surface area contributed by atoms with Crippen LogP contribution in [0.5, 0.6) is 11.5 Å². The molecule has 2 heterocycles. The molecule has 2 fully saturated rings. The van der Waals surface area contributed by atoms with Gasteiger partial charge in [-0.15, -0.1) is 0 Å². The number of rotatable bonds is 7. The first-order valence-corrected chi connectivity index (χ1v) is 12.3. The Labute approximate surface area is 173 Å². The van der Waals surface area contributed by atoms with E-state index in [0.717, 1.165) is 30.5 Å². The van der Waals surface area contributed by atoms with E-state index in [1.165, 1.54) is 54.5 Å². The largest absolute Gasteiger partial charge is 0.493 e. The third-order valence-corrected chi connectivity index (χ3v) is 8.25. The fourth-order valence-corrected chi connectivity index (χ4v) is 6.64. The second kappa shape index (κ2) is 10.8. The fraction of sp³-hybridized carbons (Fsp3) is 0.714. The Hall–Kier alpha value is -0.560. The average molecular weight is 411 g/mol. The number of likely N-dealkylation sites (tertiary alicyclic amines) is 1. The van der Waals surface area contributed by atoms with Gasteiger partial charge in [-0.2, -0.15) is 23.5 Å². The molecule has 4 nitrogen and oxygen atoms in total. The molecule has 0 spiro atoms. The highest BCUT2D eigenvalue weighted by atomic mass is 32.2. The molecule has 1 aromatic carbocycles. The molecule has 0 saturated carbocycles. The molecule has 2 aliphatic rings. The van der Waals surface area contributed by atoms with Crippen LogP contribution in [0.25, 0.3) is 0 Å². The van der Waals surface area contributed by atoms with Crippen LogP contribution in [0.3, 0.4) is 0 Å². The lowest BCUT2D eigenvalue weighted by Crippen LogP contribution is -2.51. The third kappa shape index (κ3) is 5.96. The van der Waals surface area contributed by atoms with Crippen LogP contribution in [-0.4, -0.2) is 85.8 Å². The minimum atomic E-state index is 0.678. The van der Waals surface area contributed by atoms with Gasteiger partial charge in [0.1, 0.15) is 0 Å². The summed E-state index contributed by atoms with van der Waals surface area (Å²) in [7, 11) is 5.69. The van der Waals surface area contributed by atoms with Gasteiger partial charge in [0, 0.05) is 48.2 Å². The molecule has 1 atom stereocenters. The minimum Gasteiger partial charge on any atom is -0.493 e. The number of ether oxygens (including phenoxy) is 2. The highest BCUT2D eigenvalue weighted by Gasteiger charge is 2.28. The predicted molar refractivity (Wildman–Crippen MR) is 119 cm³/mol. The Kier molecular flexibility index (Phi) is 8.49. The Morgan fingerprint density at radius 3 is 2.56 bits per heavy atom. The van der Waals surface area contributed by atoms with Crippen molar-refractivity contribution in [2.45, 2.75) is 31.3 Å². The summed E-state index contributed by atoms with van der Waals surface area (Å²) in [5.41, 5.74) is 1.31. The van der Waals surface area contributed by atoms with Crippen molar-refractivity contribution in [2.75, 3.05) is 63.9 Å². The van der Waals surface area contributed by atoms with Crippen molar-refractivity contribution < 1.29 is 9.47 Å². The van der Waals surface area contributed by atoms with Crippen LogP contribution in [0.1, 0.15) is 18.4 Å². The van der Waals surface area contributed by atoms with Gasteiger partial charge in [-0.3, -0.25) is 4.90 Å². The van der Waals surface area contributed by atoms with E-state index >= 15 is 0 Å². The van der Waals surface area contributed by atoms with Gasteiger partial charge in [-0.05, 0) is 50.6 Å². The average Bonchev–Trinajstić information content (AvgIpc) is 3.01.